The van der Waals surface area contributed by atoms with Crippen molar-refractivity contribution in [3.63, 3.8) is 0 Å². The predicted molar refractivity (Wildman–Crippen MR) is 84.2 cm³/mol. The third kappa shape index (κ3) is 2.66. The zero-order chi connectivity index (χ0) is 16.4. The Morgan fingerprint density at radius 2 is 2.22 bits per heavy atom. The summed E-state index contributed by atoms with van der Waals surface area (Å²) in [5, 5.41) is 23.7. The Bertz CT molecular complexity index is 621. The normalized spacial score (nSPS) is 23.7. The van der Waals surface area contributed by atoms with Gasteiger partial charge in [-0.15, -0.1) is 0 Å². The molecule has 0 saturated carbocycles. The first kappa shape index (κ1) is 15.8. The van der Waals surface area contributed by atoms with Crippen LogP contribution in [-0.2, 0) is 10.2 Å². The number of amides is 3. The molecule has 1 unspecified atom stereocenters. The lowest BCUT2D eigenvalue weighted by Gasteiger charge is -2.22. The van der Waals surface area contributed by atoms with Gasteiger partial charge in [-0.3, -0.25) is 9.69 Å². The molecule has 4 N–H and O–H groups in total. The summed E-state index contributed by atoms with van der Waals surface area (Å²) in [6.45, 7) is 0.877. The van der Waals surface area contributed by atoms with Crippen molar-refractivity contribution >= 4 is 17.6 Å². The van der Waals surface area contributed by atoms with E-state index in [1.165, 1.54) is 0 Å². The molecule has 0 aromatic heterocycles. The van der Waals surface area contributed by atoms with E-state index in [0.29, 0.717) is 19.5 Å². The summed E-state index contributed by atoms with van der Waals surface area (Å²) >= 11 is 0. The molecule has 2 heterocycles. The molecular weight excluding hydrogens is 298 g/mol. The van der Waals surface area contributed by atoms with Crippen molar-refractivity contribution < 1.29 is 19.8 Å². The maximum Gasteiger partial charge on any atom is 0.321 e. The summed E-state index contributed by atoms with van der Waals surface area (Å²) in [6, 6.07) is 7.19. The number of carbonyl (C=O) groups excluding carboxylic acids is 2. The molecule has 2 aliphatic heterocycles. The summed E-state index contributed by atoms with van der Waals surface area (Å²) < 4.78 is 0. The van der Waals surface area contributed by atoms with E-state index in [2.05, 4.69) is 10.6 Å². The summed E-state index contributed by atoms with van der Waals surface area (Å²) in [4.78, 5) is 26.4. The second-order valence-corrected chi connectivity index (χ2v) is 6.05. The molecule has 1 fully saturated rings. The monoisotopic (exact) mass is 319 g/mol. The van der Waals surface area contributed by atoms with E-state index in [1.807, 2.05) is 24.3 Å². The van der Waals surface area contributed by atoms with Crippen molar-refractivity contribution in [2.75, 3.05) is 31.1 Å². The van der Waals surface area contributed by atoms with Gasteiger partial charge in [0, 0.05) is 25.3 Å². The second-order valence-electron chi connectivity index (χ2n) is 6.05. The van der Waals surface area contributed by atoms with E-state index in [4.69, 9.17) is 5.11 Å². The Labute approximate surface area is 134 Å². The van der Waals surface area contributed by atoms with E-state index in [9.17, 15) is 14.7 Å². The topological polar surface area (TPSA) is 102 Å². The van der Waals surface area contributed by atoms with E-state index in [1.54, 1.807) is 4.90 Å². The highest BCUT2D eigenvalue weighted by Gasteiger charge is 2.52. The third-order valence-corrected chi connectivity index (χ3v) is 4.62. The predicted octanol–water partition coefficient (Wildman–Crippen LogP) is -0.283. The Balaban J connectivity index is 1.77. The number of aliphatic hydroxyl groups is 2. The first-order valence-electron chi connectivity index (χ1n) is 7.80. The van der Waals surface area contributed by atoms with Gasteiger partial charge in [0.2, 0.25) is 5.91 Å². The Hall–Kier alpha value is -2.12. The highest BCUT2D eigenvalue weighted by Crippen LogP contribution is 2.44. The van der Waals surface area contributed by atoms with E-state index in [0.717, 1.165) is 11.3 Å². The van der Waals surface area contributed by atoms with Crippen LogP contribution < -0.4 is 15.5 Å². The summed E-state index contributed by atoms with van der Waals surface area (Å²) in [6.07, 6.45) is 0.118. The number of rotatable bonds is 4. The van der Waals surface area contributed by atoms with Gasteiger partial charge >= 0.3 is 6.03 Å². The molecule has 0 radical (unpaired) electrons. The van der Waals surface area contributed by atoms with Gasteiger partial charge in [-0.1, -0.05) is 18.2 Å². The highest BCUT2D eigenvalue weighted by molar-refractivity contribution is 6.02. The van der Waals surface area contributed by atoms with Crippen LogP contribution in [0.5, 0.6) is 0 Å². The quantitative estimate of drug-likeness (QED) is 0.613. The minimum atomic E-state index is -0.840. The molecule has 1 aromatic carbocycles. The van der Waals surface area contributed by atoms with Crippen LogP contribution >= 0.6 is 0 Å². The lowest BCUT2D eigenvalue weighted by Crippen LogP contribution is -2.45. The van der Waals surface area contributed by atoms with Crippen molar-refractivity contribution in [2.45, 2.75) is 24.4 Å². The van der Waals surface area contributed by atoms with Gasteiger partial charge in [-0.25, -0.2) is 4.79 Å². The minimum absolute atomic E-state index is 0.0315. The molecule has 3 amide bonds. The first-order valence-corrected chi connectivity index (χ1v) is 7.80. The van der Waals surface area contributed by atoms with E-state index >= 15 is 0 Å². The smallest absolute Gasteiger partial charge is 0.321 e. The fraction of sp³-hybridized carbons (Fsp3) is 0.500. The largest absolute Gasteiger partial charge is 0.394 e. The number of fused-ring (bicyclic) bond motifs is 2. The summed E-state index contributed by atoms with van der Waals surface area (Å²) in [5.41, 5.74) is 0.990. The second kappa shape index (κ2) is 6.17. The SMILES string of the molecule is O=C(NCC[C@H](O)CO)N1CC2(CCNC2=O)c2ccccc21. The molecule has 1 spiro atoms. The number of urea groups is 1. The van der Waals surface area contributed by atoms with Gasteiger partial charge < -0.3 is 20.8 Å². The van der Waals surface area contributed by atoms with Crippen molar-refractivity contribution in [3.8, 4) is 0 Å². The number of hydrogen-bond acceptors (Lipinski definition) is 4. The van der Waals surface area contributed by atoms with Gasteiger partial charge in [0.1, 0.15) is 0 Å². The molecule has 124 valence electrons. The first-order chi connectivity index (χ1) is 11.1. The summed E-state index contributed by atoms with van der Waals surface area (Å²) in [7, 11) is 0. The molecule has 0 aliphatic carbocycles. The van der Waals surface area contributed by atoms with Crippen LogP contribution in [0.2, 0.25) is 0 Å². The standard InChI is InChI=1S/C16H21N3O4/c20-9-11(21)5-7-18-15(23)19-10-16(6-8-17-14(16)22)12-3-1-2-4-13(12)19/h1-4,11,20-21H,5-10H2,(H,17,22)(H,18,23)/t11-,16?/m0/s1. The zero-order valence-corrected chi connectivity index (χ0v) is 12.8. The average molecular weight is 319 g/mol. The molecule has 2 aliphatic rings. The lowest BCUT2D eigenvalue weighted by molar-refractivity contribution is -0.123. The van der Waals surface area contributed by atoms with Crippen LogP contribution in [-0.4, -0.2) is 54.5 Å². The average Bonchev–Trinajstić information content (AvgIpc) is 3.10. The number of nitrogens with zero attached hydrogens (tertiary/aromatic N) is 1. The maximum absolute atomic E-state index is 12.5. The number of para-hydroxylation sites is 1. The fourth-order valence-electron chi connectivity index (χ4n) is 3.35. The van der Waals surface area contributed by atoms with E-state index < -0.39 is 11.5 Å². The number of nitrogens with one attached hydrogen (secondary N) is 2. The number of carbonyl (C=O) groups is 2. The molecule has 1 saturated heterocycles. The molecule has 0 bridgehead atoms. The summed E-state index contributed by atoms with van der Waals surface area (Å²) in [5.74, 6) is -0.0315. The third-order valence-electron chi connectivity index (χ3n) is 4.62. The van der Waals surface area contributed by atoms with Gasteiger partial charge in [0.25, 0.3) is 0 Å². The van der Waals surface area contributed by atoms with Crippen LogP contribution in [0.25, 0.3) is 0 Å². The van der Waals surface area contributed by atoms with Crippen LogP contribution in [0, 0.1) is 0 Å². The number of aliphatic hydroxyl groups excluding tert-OH is 2. The van der Waals surface area contributed by atoms with Crippen LogP contribution in [0.3, 0.4) is 0 Å². The Morgan fingerprint density at radius 1 is 1.43 bits per heavy atom. The molecule has 23 heavy (non-hydrogen) atoms. The Morgan fingerprint density at radius 3 is 2.91 bits per heavy atom. The maximum atomic E-state index is 12.5. The van der Waals surface area contributed by atoms with Crippen molar-refractivity contribution in [3.05, 3.63) is 29.8 Å². The van der Waals surface area contributed by atoms with Crippen molar-refractivity contribution in [1.29, 1.82) is 0 Å². The molecule has 3 rings (SSSR count). The fourth-order valence-corrected chi connectivity index (χ4v) is 3.35. The van der Waals surface area contributed by atoms with Crippen LogP contribution in [0.4, 0.5) is 10.5 Å². The highest BCUT2D eigenvalue weighted by atomic mass is 16.3. The Kier molecular flexibility index (Phi) is 4.23. The van der Waals surface area contributed by atoms with Crippen molar-refractivity contribution in [1.82, 2.24) is 10.6 Å². The van der Waals surface area contributed by atoms with Crippen LogP contribution in [0.1, 0.15) is 18.4 Å². The number of anilines is 1. The van der Waals surface area contributed by atoms with Crippen molar-refractivity contribution in [2.24, 2.45) is 0 Å². The minimum Gasteiger partial charge on any atom is -0.394 e. The number of hydrogen-bond donors (Lipinski definition) is 4. The molecular formula is C16H21N3O4. The van der Waals surface area contributed by atoms with Crippen LogP contribution in [0.15, 0.2) is 24.3 Å². The lowest BCUT2D eigenvalue weighted by atomic mass is 9.81. The van der Waals surface area contributed by atoms with Gasteiger partial charge in [0.15, 0.2) is 0 Å². The van der Waals surface area contributed by atoms with E-state index in [-0.39, 0.29) is 31.5 Å². The molecule has 1 aromatic rings. The van der Waals surface area contributed by atoms with Gasteiger partial charge in [-0.2, -0.15) is 0 Å². The van der Waals surface area contributed by atoms with Gasteiger partial charge in [0.05, 0.1) is 18.1 Å². The van der Waals surface area contributed by atoms with Gasteiger partial charge in [-0.05, 0) is 24.5 Å². The zero-order valence-electron chi connectivity index (χ0n) is 12.8. The molecule has 7 nitrogen and oxygen atoms in total. The number of benzene rings is 1. The molecule has 2 atom stereocenters. The molecule has 7 heteroatoms.